The number of anilines is 1. The number of para-hydroxylation sites is 1. The molecule has 1 amide bonds. The number of hydrogen-bond acceptors (Lipinski definition) is 4. The van der Waals surface area contributed by atoms with Crippen molar-refractivity contribution in [1.82, 2.24) is 0 Å². The summed E-state index contributed by atoms with van der Waals surface area (Å²) in [5, 5.41) is 0.185. The lowest BCUT2D eigenvalue weighted by Crippen LogP contribution is -2.31. The van der Waals surface area contributed by atoms with Gasteiger partial charge in [-0.3, -0.25) is 9.69 Å². The van der Waals surface area contributed by atoms with Gasteiger partial charge in [0.1, 0.15) is 0 Å². The standard InChI is InChI=1S/C16H13ClN2O3S2/c1-11-15(20)19(13-5-3-2-4-6-13)16(23-11)18-24(21,22)14-9-7-12(17)8-10-14/h2-11H,1H3/b18-16+. The normalized spacial score (nSPS) is 19.9. The van der Waals surface area contributed by atoms with Crippen molar-refractivity contribution in [3.05, 3.63) is 59.6 Å². The third-order valence-electron chi connectivity index (χ3n) is 3.37. The summed E-state index contributed by atoms with van der Waals surface area (Å²) < 4.78 is 28.9. The monoisotopic (exact) mass is 380 g/mol. The van der Waals surface area contributed by atoms with Crippen molar-refractivity contribution in [3.8, 4) is 0 Å². The predicted octanol–water partition coefficient (Wildman–Crippen LogP) is 3.55. The first-order chi connectivity index (χ1) is 11.4. The molecule has 3 rings (SSSR count). The Morgan fingerprint density at radius 3 is 2.33 bits per heavy atom. The molecule has 0 spiro atoms. The number of amides is 1. The van der Waals surface area contributed by atoms with Gasteiger partial charge in [-0.25, -0.2) is 0 Å². The van der Waals surface area contributed by atoms with Crippen LogP contribution in [-0.4, -0.2) is 24.7 Å². The largest absolute Gasteiger partial charge is 0.284 e. The van der Waals surface area contributed by atoms with Crippen molar-refractivity contribution in [2.45, 2.75) is 17.1 Å². The maximum absolute atomic E-state index is 12.5. The van der Waals surface area contributed by atoms with Crippen molar-refractivity contribution in [3.63, 3.8) is 0 Å². The number of nitrogens with zero attached hydrogens (tertiary/aromatic N) is 2. The summed E-state index contributed by atoms with van der Waals surface area (Å²) >= 11 is 6.91. The maximum atomic E-state index is 12.5. The summed E-state index contributed by atoms with van der Waals surface area (Å²) in [5.41, 5.74) is 0.587. The third kappa shape index (κ3) is 3.33. The average molecular weight is 381 g/mol. The van der Waals surface area contributed by atoms with Crippen LogP contribution in [0.5, 0.6) is 0 Å². The Labute approximate surface area is 149 Å². The Hall–Kier alpha value is -1.83. The number of rotatable bonds is 3. The van der Waals surface area contributed by atoms with E-state index in [2.05, 4.69) is 4.40 Å². The second-order valence-electron chi connectivity index (χ2n) is 5.07. The minimum absolute atomic E-state index is 0.0278. The van der Waals surface area contributed by atoms with E-state index in [1.165, 1.54) is 29.2 Å². The molecule has 1 fully saturated rings. The molecule has 0 N–H and O–H groups in total. The Bertz CT molecular complexity index is 897. The number of thioether (sulfide) groups is 1. The third-order valence-corrected chi connectivity index (χ3v) is 6.05. The zero-order valence-corrected chi connectivity index (χ0v) is 15.0. The van der Waals surface area contributed by atoms with Crippen LogP contribution in [0, 0.1) is 0 Å². The van der Waals surface area contributed by atoms with Gasteiger partial charge in [0, 0.05) is 5.02 Å². The second-order valence-corrected chi connectivity index (χ2v) is 8.42. The molecule has 8 heteroatoms. The van der Waals surface area contributed by atoms with Crippen LogP contribution in [-0.2, 0) is 14.8 Å². The fraction of sp³-hybridized carbons (Fsp3) is 0.125. The molecule has 1 aliphatic heterocycles. The van der Waals surface area contributed by atoms with Gasteiger partial charge >= 0.3 is 0 Å². The molecule has 1 aliphatic rings. The van der Waals surface area contributed by atoms with Gasteiger partial charge in [-0.1, -0.05) is 41.6 Å². The highest BCUT2D eigenvalue weighted by molar-refractivity contribution is 8.16. The van der Waals surface area contributed by atoms with Gasteiger partial charge in [0.15, 0.2) is 5.17 Å². The van der Waals surface area contributed by atoms with Gasteiger partial charge in [0.25, 0.3) is 10.0 Å². The van der Waals surface area contributed by atoms with Crippen LogP contribution in [0.15, 0.2) is 63.9 Å². The molecule has 1 saturated heterocycles. The van der Waals surface area contributed by atoms with E-state index in [9.17, 15) is 13.2 Å². The van der Waals surface area contributed by atoms with Crippen LogP contribution in [0.2, 0.25) is 5.02 Å². The van der Waals surface area contributed by atoms with Crippen molar-refractivity contribution in [1.29, 1.82) is 0 Å². The van der Waals surface area contributed by atoms with Gasteiger partial charge < -0.3 is 0 Å². The summed E-state index contributed by atoms with van der Waals surface area (Å²) in [6, 6.07) is 14.6. The number of benzene rings is 2. The molecule has 24 heavy (non-hydrogen) atoms. The lowest BCUT2D eigenvalue weighted by Gasteiger charge is -2.15. The quantitative estimate of drug-likeness (QED) is 0.816. The number of hydrogen-bond donors (Lipinski definition) is 0. The SMILES string of the molecule is CC1S/C(=N/S(=O)(=O)c2ccc(Cl)cc2)N(c2ccccc2)C1=O. The van der Waals surface area contributed by atoms with Crippen LogP contribution < -0.4 is 4.90 Å². The van der Waals surface area contributed by atoms with E-state index in [0.717, 1.165) is 11.8 Å². The zero-order valence-electron chi connectivity index (χ0n) is 12.6. The van der Waals surface area contributed by atoms with E-state index in [1.54, 1.807) is 31.2 Å². The number of halogens is 1. The zero-order chi connectivity index (χ0) is 17.3. The summed E-state index contributed by atoms with van der Waals surface area (Å²) in [4.78, 5) is 13.8. The molecule has 0 radical (unpaired) electrons. The minimum Gasteiger partial charge on any atom is -0.273 e. The van der Waals surface area contributed by atoms with Crippen LogP contribution in [0.3, 0.4) is 0 Å². The second kappa shape index (κ2) is 6.58. The van der Waals surface area contributed by atoms with Crippen molar-refractivity contribution < 1.29 is 13.2 Å². The summed E-state index contributed by atoms with van der Waals surface area (Å²) in [6.45, 7) is 1.72. The predicted molar refractivity (Wildman–Crippen MR) is 97.1 cm³/mol. The Balaban J connectivity index is 2.04. The topological polar surface area (TPSA) is 66.8 Å². The first-order valence-corrected chi connectivity index (χ1v) is 9.74. The molecule has 1 unspecified atom stereocenters. The summed E-state index contributed by atoms with van der Waals surface area (Å²) in [5.74, 6) is -0.198. The van der Waals surface area contributed by atoms with Gasteiger partial charge in [0.2, 0.25) is 5.91 Å². The Morgan fingerprint density at radius 2 is 1.71 bits per heavy atom. The number of carbonyl (C=O) groups is 1. The van der Waals surface area contributed by atoms with E-state index in [1.807, 2.05) is 6.07 Å². The molecule has 124 valence electrons. The molecular weight excluding hydrogens is 368 g/mol. The van der Waals surface area contributed by atoms with E-state index < -0.39 is 15.3 Å². The molecule has 0 bridgehead atoms. The average Bonchev–Trinajstić information content (AvgIpc) is 2.82. The van der Waals surface area contributed by atoms with Gasteiger partial charge in [-0.2, -0.15) is 8.42 Å². The molecule has 2 aromatic rings. The van der Waals surface area contributed by atoms with Crippen molar-refractivity contribution >= 4 is 50.1 Å². The minimum atomic E-state index is -3.93. The Morgan fingerprint density at radius 1 is 1.08 bits per heavy atom. The van der Waals surface area contributed by atoms with Gasteiger partial charge in [-0.15, -0.1) is 4.40 Å². The van der Waals surface area contributed by atoms with Crippen molar-refractivity contribution in [2.75, 3.05) is 4.90 Å². The molecule has 0 aromatic heterocycles. The number of carbonyl (C=O) groups excluding carboxylic acids is 1. The number of sulfonamides is 1. The summed E-state index contributed by atoms with van der Waals surface area (Å²) in [6.07, 6.45) is 0. The first kappa shape index (κ1) is 17.0. The maximum Gasteiger partial charge on any atom is 0.284 e. The molecular formula is C16H13ClN2O3S2. The molecule has 2 aromatic carbocycles. The first-order valence-electron chi connectivity index (χ1n) is 7.05. The van der Waals surface area contributed by atoms with E-state index in [4.69, 9.17) is 11.6 Å². The van der Waals surface area contributed by atoms with E-state index in [-0.39, 0.29) is 16.0 Å². The van der Waals surface area contributed by atoms with E-state index >= 15 is 0 Å². The van der Waals surface area contributed by atoms with Gasteiger partial charge in [0.05, 0.1) is 15.8 Å². The van der Waals surface area contributed by atoms with Gasteiger partial charge in [-0.05, 0) is 43.3 Å². The molecule has 5 nitrogen and oxygen atoms in total. The van der Waals surface area contributed by atoms with E-state index in [0.29, 0.717) is 10.7 Å². The summed E-state index contributed by atoms with van der Waals surface area (Å²) in [7, 11) is -3.93. The Kier molecular flexibility index (Phi) is 4.67. The fourth-order valence-corrected chi connectivity index (χ4v) is 4.46. The lowest BCUT2D eigenvalue weighted by molar-refractivity contribution is -0.116. The molecule has 1 atom stereocenters. The highest BCUT2D eigenvalue weighted by Crippen LogP contribution is 2.32. The smallest absolute Gasteiger partial charge is 0.273 e. The molecule has 1 heterocycles. The molecule has 0 aliphatic carbocycles. The number of amidine groups is 1. The van der Waals surface area contributed by atoms with Crippen molar-refractivity contribution in [2.24, 2.45) is 4.40 Å². The highest BCUT2D eigenvalue weighted by atomic mass is 35.5. The van der Waals surface area contributed by atoms with Crippen LogP contribution >= 0.6 is 23.4 Å². The van der Waals surface area contributed by atoms with Crippen LogP contribution in [0.4, 0.5) is 5.69 Å². The van der Waals surface area contributed by atoms with Crippen LogP contribution in [0.1, 0.15) is 6.92 Å². The highest BCUT2D eigenvalue weighted by Gasteiger charge is 2.37. The fourth-order valence-electron chi connectivity index (χ4n) is 2.18. The molecule has 0 saturated carbocycles. The lowest BCUT2D eigenvalue weighted by atomic mass is 10.3. The van der Waals surface area contributed by atoms with Crippen LogP contribution in [0.25, 0.3) is 0 Å².